The molecule has 0 spiro atoms. The van der Waals surface area contributed by atoms with Crippen molar-refractivity contribution in [1.82, 2.24) is 10.5 Å². The van der Waals surface area contributed by atoms with Gasteiger partial charge < -0.3 is 9.15 Å². The maximum absolute atomic E-state index is 13.2. The van der Waals surface area contributed by atoms with E-state index in [9.17, 15) is 9.60 Å². The number of ether oxygens (including phenoxy) is 1. The molecule has 0 aliphatic carbocycles. The molecule has 3 aromatic rings. The molecule has 3 rings (SSSR count). The summed E-state index contributed by atoms with van der Waals surface area (Å²) in [5.41, 5.74) is 2.62. The van der Waals surface area contributed by atoms with Crippen LogP contribution in [0.15, 0.2) is 64.1 Å². The first-order chi connectivity index (χ1) is 12.1. The zero-order valence-corrected chi connectivity index (χ0v) is 13.4. The zero-order valence-electron chi connectivity index (χ0n) is 13.4. The Kier molecular flexibility index (Phi) is 5.06. The first-order valence-electron chi connectivity index (χ1n) is 7.54. The van der Waals surface area contributed by atoms with E-state index in [1.165, 1.54) is 18.3 Å². The number of benzene rings is 1. The van der Waals surface area contributed by atoms with Crippen molar-refractivity contribution in [3.05, 3.63) is 77.6 Å². The Hall–Kier alpha value is -3.19. The van der Waals surface area contributed by atoms with Crippen LogP contribution in [0.2, 0.25) is 0 Å². The summed E-state index contributed by atoms with van der Waals surface area (Å²) in [6, 6.07) is 12.7. The zero-order chi connectivity index (χ0) is 17.6. The monoisotopic (exact) mass is 341 g/mol. The van der Waals surface area contributed by atoms with Gasteiger partial charge in [0.15, 0.2) is 5.84 Å². The lowest BCUT2D eigenvalue weighted by Crippen LogP contribution is -2.20. The van der Waals surface area contributed by atoms with Crippen molar-refractivity contribution >= 4 is 5.84 Å². The number of aliphatic imine (C=N–C) groups is 1. The highest BCUT2D eigenvalue weighted by molar-refractivity contribution is 5.98. The Morgan fingerprint density at radius 2 is 2.16 bits per heavy atom. The summed E-state index contributed by atoms with van der Waals surface area (Å²) in [7, 11) is 0. The van der Waals surface area contributed by atoms with Crippen molar-refractivity contribution in [3.63, 3.8) is 0 Å². The van der Waals surface area contributed by atoms with Crippen LogP contribution in [0.25, 0.3) is 0 Å². The van der Waals surface area contributed by atoms with Crippen LogP contribution in [0, 0.1) is 12.7 Å². The molecule has 0 bridgehead atoms. The number of aryl methyl sites for hydroxylation is 1. The number of hydrogen-bond acceptors (Lipinski definition) is 5. The molecule has 0 atom stereocenters. The fourth-order valence-corrected chi connectivity index (χ4v) is 2.18. The molecule has 25 heavy (non-hydrogen) atoms. The Labute approximate surface area is 143 Å². The van der Waals surface area contributed by atoms with Gasteiger partial charge in [-0.25, -0.2) is 9.37 Å². The summed E-state index contributed by atoms with van der Waals surface area (Å²) >= 11 is 0. The van der Waals surface area contributed by atoms with Gasteiger partial charge in [-0.15, -0.1) is 0 Å². The van der Waals surface area contributed by atoms with Gasteiger partial charge in [-0.1, -0.05) is 6.07 Å². The second-order valence-corrected chi connectivity index (χ2v) is 5.23. The number of halogens is 1. The quantitative estimate of drug-likeness (QED) is 0.419. The third kappa shape index (κ3) is 4.42. The van der Waals surface area contributed by atoms with Crippen molar-refractivity contribution in [2.24, 2.45) is 4.99 Å². The molecule has 128 valence electrons. The summed E-state index contributed by atoms with van der Waals surface area (Å²) in [5.74, 6) is 1.88. The number of rotatable bonds is 5. The van der Waals surface area contributed by atoms with Crippen LogP contribution in [0.5, 0.6) is 11.6 Å². The fourth-order valence-electron chi connectivity index (χ4n) is 2.18. The lowest BCUT2D eigenvalue weighted by Gasteiger charge is -2.08. The second kappa shape index (κ2) is 7.59. The topological polar surface area (TPSA) is 79.9 Å². The molecule has 0 saturated carbocycles. The lowest BCUT2D eigenvalue weighted by atomic mass is 10.2. The van der Waals surface area contributed by atoms with Crippen LogP contribution >= 0.6 is 0 Å². The third-order valence-corrected chi connectivity index (χ3v) is 3.32. The van der Waals surface area contributed by atoms with Gasteiger partial charge in [0.2, 0.25) is 5.88 Å². The first kappa shape index (κ1) is 16.7. The average molecular weight is 341 g/mol. The predicted octanol–water partition coefficient (Wildman–Crippen LogP) is 3.84. The van der Waals surface area contributed by atoms with E-state index in [-0.39, 0.29) is 18.3 Å². The number of pyridine rings is 1. The van der Waals surface area contributed by atoms with Gasteiger partial charge in [0, 0.05) is 23.9 Å². The number of nitrogens with one attached hydrogen (secondary N) is 1. The molecule has 7 heteroatoms. The van der Waals surface area contributed by atoms with Gasteiger partial charge in [-0.3, -0.25) is 15.7 Å². The van der Waals surface area contributed by atoms with Gasteiger partial charge in [0.05, 0.1) is 6.54 Å². The number of furan rings is 1. The molecule has 0 radical (unpaired) electrons. The van der Waals surface area contributed by atoms with Crippen molar-refractivity contribution in [2.75, 3.05) is 0 Å². The molecule has 1 aromatic carbocycles. The van der Waals surface area contributed by atoms with Gasteiger partial charge in [-0.05, 0) is 37.3 Å². The fraction of sp³-hybridized carbons (Fsp3) is 0.111. The summed E-state index contributed by atoms with van der Waals surface area (Å²) < 4.78 is 24.2. The SMILES string of the molecule is Cc1ccc(CN=C(NO)c2ccnc(Oc3cccc(F)c3)c2)o1. The van der Waals surface area contributed by atoms with Crippen molar-refractivity contribution in [1.29, 1.82) is 0 Å². The van der Waals surface area contributed by atoms with E-state index in [0.29, 0.717) is 17.1 Å². The maximum Gasteiger partial charge on any atom is 0.219 e. The molecule has 0 amide bonds. The minimum atomic E-state index is -0.401. The number of aromatic nitrogens is 1. The predicted molar refractivity (Wildman–Crippen MR) is 89.3 cm³/mol. The second-order valence-electron chi connectivity index (χ2n) is 5.23. The molecule has 6 nitrogen and oxygen atoms in total. The van der Waals surface area contributed by atoms with E-state index >= 15 is 0 Å². The van der Waals surface area contributed by atoms with E-state index in [0.717, 1.165) is 5.76 Å². The Bertz CT molecular complexity index is 893. The molecule has 2 N–H and O–H groups in total. The van der Waals surface area contributed by atoms with Crippen LogP contribution in [0.3, 0.4) is 0 Å². The summed E-state index contributed by atoms with van der Waals surface area (Å²) in [4.78, 5) is 8.35. The summed E-state index contributed by atoms with van der Waals surface area (Å²) in [6.45, 7) is 2.11. The van der Waals surface area contributed by atoms with Crippen LogP contribution < -0.4 is 10.2 Å². The van der Waals surface area contributed by atoms with Gasteiger partial charge >= 0.3 is 0 Å². The highest BCUT2D eigenvalue weighted by Gasteiger charge is 2.07. The molecular formula is C18H16FN3O3. The minimum Gasteiger partial charge on any atom is -0.464 e. The molecule has 2 aromatic heterocycles. The minimum absolute atomic E-state index is 0.237. The molecule has 0 saturated heterocycles. The normalized spacial score (nSPS) is 11.4. The standard InChI is InChI=1S/C18H16FN3O3/c1-12-5-6-16(24-12)11-21-18(22-23)13-7-8-20-17(9-13)25-15-4-2-3-14(19)10-15/h2-10,23H,11H2,1H3,(H,21,22). The van der Waals surface area contributed by atoms with E-state index in [1.807, 2.05) is 19.1 Å². The summed E-state index contributed by atoms with van der Waals surface area (Å²) in [5, 5.41) is 9.36. The van der Waals surface area contributed by atoms with E-state index < -0.39 is 5.82 Å². The Balaban J connectivity index is 1.78. The van der Waals surface area contributed by atoms with Gasteiger partial charge in [0.25, 0.3) is 0 Å². The average Bonchev–Trinajstić information content (AvgIpc) is 3.01. The Morgan fingerprint density at radius 1 is 1.28 bits per heavy atom. The third-order valence-electron chi connectivity index (χ3n) is 3.32. The molecular weight excluding hydrogens is 325 g/mol. The smallest absolute Gasteiger partial charge is 0.219 e. The van der Waals surface area contributed by atoms with Gasteiger partial charge in [-0.2, -0.15) is 0 Å². The van der Waals surface area contributed by atoms with E-state index in [4.69, 9.17) is 9.15 Å². The number of nitrogens with zero attached hydrogens (tertiary/aromatic N) is 2. The lowest BCUT2D eigenvalue weighted by molar-refractivity contribution is 0.234. The van der Waals surface area contributed by atoms with Crippen LogP contribution in [-0.2, 0) is 6.54 Å². The van der Waals surface area contributed by atoms with Crippen LogP contribution in [0.1, 0.15) is 17.1 Å². The molecule has 0 fully saturated rings. The molecule has 2 heterocycles. The van der Waals surface area contributed by atoms with Crippen LogP contribution in [-0.4, -0.2) is 16.0 Å². The highest BCUT2D eigenvalue weighted by Crippen LogP contribution is 2.21. The van der Waals surface area contributed by atoms with Gasteiger partial charge in [0.1, 0.15) is 23.1 Å². The van der Waals surface area contributed by atoms with Crippen molar-refractivity contribution in [3.8, 4) is 11.6 Å². The molecule has 0 aliphatic rings. The largest absolute Gasteiger partial charge is 0.464 e. The van der Waals surface area contributed by atoms with Crippen LogP contribution in [0.4, 0.5) is 4.39 Å². The van der Waals surface area contributed by atoms with Crippen molar-refractivity contribution < 1.29 is 18.8 Å². The number of hydroxylamine groups is 1. The summed E-state index contributed by atoms with van der Waals surface area (Å²) in [6.07, 6.45) is 1.51. The first-order valence-corrected chi connectivity index (χ1v) is 7.54. The van der Waals surface area contributed by atoms with Crippen molar-refractivity contribution in [2.45, 2.75) is 13.5 Å². The maximum atomic E-state index is 13.2. The molecule has 0 aliphatic heterocycles. The van der Waals surface area contributed by atoms with E-state index in [2.05, 4.69) is 15.5 Å². The number of amidine groups is 1. The highest BCUT2D eigenvalue weighted by atomic mass is 19.1. The Morgan fingerprint density at radius 3 is 2.88 bits per heavy atom. The number of hydrogen-bond donors (Lipinski definition) is 2. The molecule has 0 unspecified atom stereocenters. The van der Waals surface area contributed by atoms with E-state index in [1.54, 1.807) is 24.3 Å².